The molecule has 3 nitrogen and oxygen atoms in total. The average Bonchev–Trinajstić information content (AvgIpc) is 2.55. The molecule has 21 heavy (non-hydrogen) atoms. The second-order valence-corrected chi connectivity index (χ2v) is 4.51. The minimum atomic E-state index is -0.00192. The van der Waals surface area contributed by atoms with Gasteiger partial charge in [-0.2, -0.15) is 0 Å². The van der Waals surface area contributed by atoms with Gasteiger partial charge in [0.25, 0.3) is 0 Å². The number of allylic oxidation sites excluding steroid dienone is 1. The Morgan fingerprint density at radius 1 is 1.05 bits per heavy atom. The lowest BCUT2D eigenvalue weighted by molar-refractivity contribution is 0.0992. The molecule has 3 heteroatoms. The minimum absolute atomic E-state index is 0.00192. The third-order valence-electron chi connectivity index (χ3n) is 3.12. The number of hydrogen-bond donors (Lipinski definition) is 0. The molecule has 0 atom stereocenters. The predicted octanol–water partition coefficient (Wildman–Crippen LogP) is 3.99. The molecular weight excluding hydrogens is 264 g/mol. The van der Waals surface area contributed by atoms with E-state index in [0.717, 1.165) is 5.56 Å². The van der Waals surface area contributed by atoms with Gasteiger partial charge in [0, 0.05) is 6.42 Å². The molecule has 0 bridgehead atoms. The van der Waals surface area contributed by atoms with Crippen LogP contribution in [-0.4, -0.2) is 20.0 Å². The molecular formula is C18H18O3. The second kappa shape index (κ2) is 7.29. The number of Topliss-reactive ketones (excluding diaryl/α,β-unsaturated/α-hetero) is 1. The van der Waals surface area contributed by atoms with Gasteiger partial charge in [-0.1, -0.05) is 42.5 Å². The van der Waals surface area contributed by atoms with Crippen molar-refractivity contribution < 1.29 is 14.3 Å². The summed E-state index contributed by atoms with van der Waals surface area (Å²) < 4.78 is 10.4. The third-order valence-corrected chi connectivity index (χ3v) is 3.12. The molecule has 2 aromatic carbocycles. The maximum atomic E-state index is 12.3. The zero-order chi connectivity index (χ0) is 15.1. The van der Waals surface area contributed by atoms with E-state index >= 15 is 0 Å². The van der Waals surface area contributed by atoms with Gasteiger partial charge in [0.1, 0.15) is 11.5 Å². The number of ether oxygens (including phenoxy) is 2. The summed E-state index contributed by atoms with van der Waals surface area (Å²) in [6, 6.07) is 15.1. The van der Waals surface area contributed by atoms with Crippen LogP contribution >= 0.6 is 0 Å². The second-order valence-electron chi connectivity index (χ2n) is 4.51. The maximum Gasteiger partial charge on any atom is 0.170 e. The van der Waals surface area contributed by atoms with Crippen molar-refractivity contribution in [3.63, 3.8) is 0 Å². The van der Waals surface area contributed by atoms with Crippen molar-refractivity contribution in [2.24, 2.45) is 0 Å². The van der Waals surface area contributed by atoms with Gasteiger partial charge in [-0.25, -0.2) is 0 Å². The average molecular weight is 282 g/mol. The molecule has 0 aliphatic heterocycles. The summed E-state index contributed by atoms with van der Waals surface area (Å²) in [5, 5.41) is 0. The van der Waals surface area contributed by atoms with Crippen LogP contribution in [0.25, 0.3) is 6.08 Å². The summed E-state index contributed by atoms with van der Waals surface area (Å²) in [6.45, 7) is 0. The Labute approximate surface area is 124 Å². The largest absolute Gasteiger partial charge is 0.497 e. The van der Waals surface area contributed by atoms with Crippen molar-refractivity contribution >= 4 is 11.9 Å². The number of ketones is 1. The van der Waals surface area contributed by atoms with Crippen LogP contribution in [0.4, 0.5) is 0 Å². The zero-order valence-corrected chi connectivity index (χ0v) is 12.2. The van der Waals surface area contributed by atoms with Crippen LogP contribution < -0.4 is 9.47 Å². The van der Waals surface area contributed by atoms with Crippen molar-refractivity contribution in [1.29, 1.82) is 0 Å². The van der Waals surface area contributed by atoms with Gasteiger partial charge in [0.15, 0.2) is 5.78 Å². The summed E-state index contributed by atoms with van der Waals surface area (Å²) in [5.41, 5.74) is 1.61. The van der Waals surface area contributed by atoms with E-state index in [4.69, 9.17) is 9.47 Å². The van der Waals surface area contributed by atoms with Gasteiger partial charge in [0.2, 0.25) is 0 Å². The molecule has 0 spiro atoms. The maximum absolute atomic E-state index is 12.3. The summed E-state index contributed by atoms with van der Waals surface area (Å²) >= 11 is 0. The van der Waals surface area contributed by atoms with E-state index < -0.39 is 0 Å². The van der Waals surface area contributed by atoms with Crippen LogP contribution in [0, 0.1) is 0 Å². The van der Waals surface area contributed by atoms with E-state index in [9.17, 15) is 4.79 Å². The highest BCUT2D eigenvalue weighted by Gasteiger charge is 2.12. The molecule has 0 amide bonds. The highest BCUT2D eigenvalue weighted by molar-refractivity contribution is 6.00. The topological polar surface area (TPSA) is 35.5 Å². The van der Waals surface area contributed by atoms with Crippen molar-refractivity contribution in [3.8, 4) is 11.5 Å². The molecule has 0 unspecified atom stereocenters. The van der Waals surface area contributed by atoms with Gasteiger partial charge >= 0.3 is 0 Å². The smallest absolute Gasteiger partial charge is 0.170 e. The Kier molecular flexibility index (Phi) is 5.16. The minimum Gasteiger partial charge on any atom is -0.497 e. The Bertz CT molecular complexity index is 630. The van der Waals surface area contributed by atoms with Gasteiger partial charge in [-0.05, 0) is 23.8 Å². The predicted molar refractivity (Wildman–Crippen MR) is 84.0 cm³/mol. The van der Waals surface area contributed by atoms with E-state index in [2.05, 4.69) is 0 Å². The van der Waals surface area contributed by atoms with Crippen LogP contribution in [-0.2, 0) is 0 Å². The monoisotopic (exact) mass is 282 g/mol. The van der Waals surface area contributed by atoms with Crippen LogP contribution in [0.15, 0.2) is 54.6 Å². The molecule has 0 saturated heterocycles. The first-order valence-corrected chi connectivity index (χ1v) is 6.71. The normalized spacial score (nSPS) is 10.6. The highest BCUT2D eigenvalue weighted by atomic mass is 16.5. The first kappa shape index (κ1) is 14.9. The first-order valence-electron chi connectivity index (χ1n) is 6.71. The molecule has 0 fully saturated rings. The fraction of sp³-hybridized carbons (Fsp3) is 0.167. The SMILES string of the molecule is COc1ccc(OC)c(C(=O)C/C=C/c2ccccc2)c1. The number of benzene rings is 2. The molecule has 0 aliphatic rings. The zero-order valence-electron chi connectivity index (χ0n) is 12.2. The lowest BCUT2D eigenvalue weighted by Crippen LogP contribution is -2.01. The summed E-state index contributed by atoms with van der Waals surface area (Å²) in [5.74, 6) is 1.21. The van der Waals surface area contributed by atoms with Crippen LogP contribution in [0.3, 0.4) is 0 Å². The van der Waals surface area contributed by atoms with Gasteiger partial charge < -0.3 is 9.47 Å². The van der Waals surface area contributed by atoms with Crippen molar-refractivity contribution in [3.05, 3.63) is 65.7 Å². The molecule has 0 radical (unpaired) electrons. The van der Waals surface area contributed by atoms with Gasteiger partial charge in [-0.3, -0.25) is 4.79 Å². The highest BCUT2D eigenvalue weighted by Crippen LogP contribution is 2.25. The fourth-order valence-corrected chi connectivity index (χ4v) is 2.01. The number of rotatable bonds is 6. The molecule has 0 N–H and O–H groups in total. The Balaban J connectivity index is 2.11. The molecule has 0 aliphatic carbocycles. The van der Waals surface area contributed by atoms with E-state index in [1.807, 2.05) is 42.5 Å². The molecule has 2 rings (SSSR count). The van der Waals surface area contributed by atoms with Crippen LogP contribution in [0.2, 0.25) is 0 Å². The van der Waals surface area contributed by atoms with E-state index in [0.29, 0.717) is 23.5 Å². The summed E-state index contributed by atoms with van der Waals surface area (Å²) in [7, 11) is 3.13. The number of methoxy groups -OCH3 is 2. The van der Waals surface area contributed by atoms with E-state index in [1.54, 1.807) is 32.4 Å². The third kappa shape index (κ3) is 3.96. The summed E-state index contributed by atoms with van der Waals surface area (Å²) in [4.78, 5) is 12.3. The van der Waals surface area contributed by atoms with Crippen LogP contribution in [0.5, 0.6) is 11.5 Å². The van der Waals surface area contributed by atoms with Crippen LogP contribution in [0.1, 0.15) is 22.3 Å². The number of hydrogen-bond acceptors (Lipinski definition) is 3. The van der Waals surface area contributed by atoms with Crippen molar-refractivity contribution in [2.45, 2.75) is 6.42 Å². The Morgan fingerprint density at radius 2 is 1.81 bits per heavy atom. The molecule has 0 saturated carbocycles. The lowest BCUT2D eigenvalue weighted by Gasteiger charge is -2.08. The van der Waals surface area contributed by atoms with E-state index in [-0.39, 0.29) is 5.78 Å². The fourth-order valence-electron chi connectivity index (χ4n) is 2.01. The standard InChI is InChI=1S/C18H18O3/c1-20-15-11-12-18(21-2)16(13-15)17(19)10-6-9-14-7-4-3-5-8-14/h3-9,11-13H,10H2,1-2H3/b9-6+. The lowest BCUT2D eigenvalue weighted by atomic mass is 10.1. The Morgan fingerprint density at radius 3 is 2.48 bits per heavy atom. The summed E-state index contributed by atoms with van der Waals surface area (Å²) in [6.07, 6.45) is 4.11. The number of carbonyl (C=O) groups is 1. The molecule has 0 heterocycles. The Hall–Kier alpha value is -2.55. The van der Waals surface area contributed by atoms with E-state index in [1.165, 1.54) is 0 Å². The molecule has 108 valence electrons. The quantitative estimate of drug-likeness (QED) is 0.751. The molecule has 2 aromatic rings. The first-order chi connectivity index (χ1) is 10.2. The van der Waals surface area contributed by atoms with Gasteiger partial charge in [0.05, 0.1) is 19.8 Å². The van der Waals surface area contributed by atoms with Gasteiger partial charge in [-0.15, -0.1) is 0 Å². The molecule has 0 aromatic heterocycles. The van der Waals surface area contributed by atoms with Crippen molar-refractivity contribution in [2.75, 3.05) is 14.2 Å². The van der Waals surface area contributed by atoms with Crippen molar-refractivity contribution in [1.82, 2.24) is 0 Å². The number of carbonyl (C=O) groups excluding carboxylic acids is 1.